The second-order valence-corrected chi connectivity index (χ2v) is 5.68. The van der Waals surface area contributed by atoms with Crippen LogP contribution in [0.2, 0.25) is 0 Å². The summed E-state index contributed by atoms with van der Waals surface area (Å²) in [5, 5.41) is 5.65. The van der Waals surface area contributed by atoms with Crippen LogP contribution in [0.5, 0.6) is 0 Å². The van der Waals surface area contributed by atoms with Gasteiger partial charge in [0.1, 0.15) is 5.82 Å². The number of carbonyl (C=O) groups excluding carboxylic acids is 1. The second-order valence-electron chi connectivity index (χ2n) is 5.68. The lowest BCUT2D eigenvalue weighted by Crippen LogP contribution is -2.44. The van der Waals surface area contributed by atoms with E-state index in [4.69, 9.17) is 0 Å². The zero-order valence-electron chi connectivity index (χ0n) is 12.8. The van der Waals surface area contributed by atoms with E-state index in [9.17, 15) is 9.18 Å². The van der Waals surface area contributed by atoms with E-state index in [1.54, 1.807) is 19.1 Å². The highest BCUT2D eigenvalue weighted by molar-refractivity contribution is 5.89. The summed E-state index contributed by atoms with van der Waals surface area (Å²) in [6.07, 6.45) is 3.36. The van der Waals surface area contributed by atoms with E-state index in [0.717, 1.165) is 26.1 Å². The van der Waals surface area contributed by atoms with Crippen LogP contribution in [0.4, 0.5) is 14.9 Å². The first kappa shape index (κ1) is 15.8. The van der Waals surface area contributed by atoms with Crippen molar-refractivity contribution in [3.8, 4) is 0 Å². The monoisotopic (exact) mass is 293 g/mol. The standard InChI is InChI=1S/C16H24FN3O/c1-3-13(11-20-8-4-5-9-20)18-16(21)19-14-7-6-12(2)15(17)10-14/h6-7,10,13H,3-5,8-9,11H2,1-2H3,(H2,18,19,21)/t13-/m1/s1. The third kappa shape index (κ3) is 4.70. The maximum absolute atomic E-state index is 13.5. The molecule has 2 N–H and O–H groups in total. The van der Waals surface area contributed by atoms with E-state index in [2.05, 4.69) is 22.5 Å². The van der Waals surface area contributed by atoms with Crippen molar-refractivity contribution in [3.05, 3.63) is 29.6 Å². The highest BCUT2D eigenvalue weighted by Crippen LogP contribution is 2.13. The van der Waals surface area contributed by atoms with Gasteiger partial charge in [-0.1, -0.05) is 13.0 Å². The summed E-state index contributed by atoms with van der Waals surface area (Å²) in [5.41, 5.74) is 1.05. The molecule has 1 atom stereocenters. The molecule has 0 saturated carbocycles. The van der Waals surface area contributed by atoms with Gasteiger partial charge >= 0.3 is 6.03 Å². The molecule has 1 aliphatic heterocycles. The van der Waals surface area contributed by atoms with Crippen molar-refractivity contribution >= 4 is 11.7 Å². The van der Waals surface area contributed by atoms with Gasteiger partial charge in [0, 0.05) is 18.3 Å². The Hall–Kier alpha value is -1.62. The number of hydrogen-bond donors (Lipinski definition) is 2. The van der Waals surface area contributed by atoms with E-state index < -0.39 is 0 Å². The smallest absolute Gasteiger partial charge is 0.319 e. The van der Waals surface area contributed by atoms with Gasteiger partial charge in [-0.05, 0) is 57.0 Å². The number of nitrogens with zero attached hydrogens (tertiary/aromatic N) is 1. The molecule has 2 amide bonds. The third-order valence-electron chi connectivity index (χ3n) is 3.93. The van der Waals surface area contributed by atoms with Gasteiger partial charge in [0.15, 0.2) is 0 Å². The van der Waals surface area contributed by atoms with Crippen LogP contribution in [-0.4, -0.2) is 36.6 Å². The van der Waals surface area contributed by atoms with Crippen LogP contribution in [0.15, 0.2) is 18.2 Å². The number of halogens is 1. The topological polar surface area (TPSA) is 44.4 Å². The van der Waals surface area contributed by atoms with Crippen molar-refractivity contribution in [3.63, 3.8) is 0 Å². The second kappa shape index (κ2) is 7.41. The summed E-state index contributed by atoms with van der Waals surface area (Å²) in [6, 6.07) is 4.56. The zero-order valence-corrected chi connectivity index (χ0v) is 12.8. The van der Waals surface area contributed by atoms with Crippen LogP contribution in [0.3, 0.4) is 0 Å². The van der Waals surface area contributed by atoms with Crippen LogP contribution >= 0.6 is 0 Å². The van der Waals surface area contributed by atoms with Crippen LogP contribution in [0.25, 0.3) is 0 Å². The minimum absolute atomic E-state index is 0.124. The number of urea groups is 1. The van der Waals surface area contributed by atoms with E-state index in [1.807, 2.05) is 0 Å². The van der Waals surface area contributed by atoms with Crippen LogP contribution < -0.4 is 10.6 Å². The molecule has 1 fully saturated rings. The van der Waals surface area contributed by atoms with Crippen LogP contribution in [0.1, 0.15) is 31.7 Å². The number of anilines is 1. The fourth-order valence-corrected chi connectivity index (χ4v) is 2.58. The molecule has 1 saturated heterocycles. The van der Waals surface area contributed by atoms with Gasteiger partial charge in [0.2, 0.25) is 0 Å². The summed E-state index contributed by atoms with van der Waals surface area (Å²) in [4.78, 5) is 14.4. The van der Waals surface area contributed by atoms with Gasteiger partial charge in [-0.3, -0.25) is 0 Å². The summed E-state index contributed by atoms with van der Waals surface area (Å²) < 4.78 is 13.5. The summed E-state index contributed by atoms with van der Waals surface area (Å²) in [5.74, 6) is -0.308. The lowest BCUT2D eigenvalue weighted by Gasteiger charge is -2.23. The molecule has 0 spiro atoms. The van der Waals surface area contributed by atoms with E-state index in [1.165, 1.54) is 18.9 Å². The summed E-state index contributed by atoms with van der Waals surface area (Å²) in [6.45, 7) is 6.87. The first-order valence-corrected chi connectivity index (χ1v) is 7.64. The zero-order chi connectivity index (χ0) is 15.2. The van der Waals surface area contributed by atoms with Gasteiger partial charge in [0.05, 0.1) is 0 Å². The molecule has 5 heteroatoms. The van der Waals surface area contributed by atoms with E-state index in [-0.39, 0.29) is 17.9 Å². The lowest BCUT2D eigenvalue weighted by atomic mass is 10.2. The molecule has 2 rings (SSSR count). The minimum atomic E-state index is -0.308. The van der Waals surface area contributed by atoms with Crippen molar-refractivity contribution in [1.29, 1.82) is 0 Å². The molecule has 0 aromatic heterocycles. The molecule has 1 aromatic carbocycles. The molecule has 0 unspecified atom stereocenters. The predicted molar refractivity (Wildman–Crippen MR) is 83.0 cm³/mol. The first-order valence-electron chi connectivity index (χ1n) is 7.64. The molecule has 0 aliphatic carbocycles. The van der Waals surface area contributed by atoms with Gasteiger partial charge in [-0.2, -0.15) is 0 Å². The Balaban J connectivity index is 1.85. The largest absolute Gasteiger partial charge is 0.334 e. The van der Waals surface area contributed by atoms with Crippen molar-refractivity contribution in [1.82, 2.24) is 10.2 Å². The Morgan fingerprint density at radius 1 is 1.38 bits per heavy atom. The number of rotatable bonds is 5. The molecular formula is C16H24FN3O. The molecule has 1 aliphatic rings. The van der Waals surface area contributed by atoms with Crippen molar-refractivity contribution < 1.29 is 9.18 Å². The molecule has 116 valence electrons. The maximum atomic E-state index is 13.5. The van der Waals surface area contributed by atoms with Crippen molar-refractivity contribution in [2.45, 2.75) is 39.2 Å². The fraction of sp³-hybridized carbons (Fsp3) is 0.562. The van der Waals surface area contributed by atoms with E-state index in [0.29, 0.717) is 11.3 Å². The molecular weight excluding hydrogens is 269 g/mol. The van der Waals surface area contributed by atoms with Crippen molar-refractivity contribution in [2.24, 2.45) is 0 Å². The number of nitrogens with one attached hydrogen (secondary N) is 2. The predicted octanol–water partition coefficient (Wildman–Crippen LogP) is 3.13. The normalized spacial score (nSPS) is 16.7. The lowest BCUT2D eigenvalue weighted by molar-refractivity contribution is 0.239. The number of benzene rings is 1. The molecule has 1 aromatic rings. The number of aryl methyl sites for hydroxylation is 1. The Bertz CT molecular complexity index is 486. The Morgan fingerprint density at radius 3 is 2.71 bits per heavy atom. The highest BCUT2D eigenvalue weighted by atomic mass is 19.1. The minimum Gasteiger partial charge on any atom is -0.334 e. The molecule has 0 bridgehead atoms. The molecule has 21 heavy (non-hydrogen) atoms. The van der Waals surface area contributed by atoms with Crippen LogP contribution in [-0.2, 0) is 0 Å². The molecule has 4 nitrogen and oxygen atoms in total. The summed E-state index contributed by atoms with van der Waals surface area (Å²) in [7, 11) is 0. The van der Waals surface area contributed by atoms with E-state index >= 15 is 0 Å². The van der Waals surface area contributed by atoms with Gasteiger partial charge in [-0.25, -0.2) is 9.18 Å². The molecule has 1 heterocycles. The maximum Gasteiger partial charge on any atom is 0.319 e. The van der Waals surface area contributed by atoms with Gasteiger partial charge < -0.3 is 15.5 Å². The quantitative estimate of drug-likeness (QED) is 0.876. The summed E-state index contributed by atoms with van der Waals surface area (Å²) >= 11 is 0. The SMILES string of the molecule is CC[C@H](CN1CCCC1)NC(=O)Nc1ccc(C)c(F)c1. The number of carbonyl (C=O) groups is 1. The van der Waals surface area contributed by atoms with Gasteiger partial charge in [0.25, 0.3) is 0 Å². The number of likely N-dealkylation sites (tertiary alicyclic amines) is 1. The molecule has 0 radical (unpaired) electrons. The van der Waals surface area contributed by atoms with Gasteiger partial charge in [-0.15, -0.1) is 0 Å². The average molecular weight is 293 g/mol. The average Bonchev–Trinajstić information content (AvgIpc) is 2.95. The Labute approximate surface area is 125 Å². The van der Waals surface area contributed by atoms with Crippen LogP contribution in [0, 0.1) is 12.7 Å². The first-order chi connectivity index (χ1) is 10.1. The number of hydrogen-bond acceptors (Lipinski definition) is 2. The Kier molecular flexibility index (Phi) is 5.56. The van der Waals surface area contributed by atoms with Crippen molar-refractivity contribution in [2.75, 3.05) is 25.0 Å². The fourth-order valence-electron chi connectivity index (χ4n) is 2.58. The number of amides is 2. The highest BCUT2D eigenvalue weighted by Gasteiger charge is 2.18. The third-order valence-corrected chi connectivity index (χ3v) is 3.93. The Morgan fingerprint density at radius 2 is 2.10 bits per heavy atom.